The summed E-state index contributed by atoms with van der Waals surface area (Å²) in [6, 6.07) is 12.1. The topological polar surface area (TPSA) is 67.4 Å². The molecule has 36 heavy (non-hydrogen) atoms. The molecule has 3 aromatic rings. The molecule has 0 saturated carbocycles. The summed E-state index contributed by atoms with van der Waals surface area (Å²) in [5, 5.41) is 3.06. The number of rotatable bonds is 5. The molecule has 5 rings (SSSR count). The molecule has 0 radical (unpaired) electrons. The fourth-order valence-electron chi connectivity index (χ4n) is 4.69. The number of hydrogen-bond acceptors (Lipinski definition) is 5. The van der Waals surface area contributed by atoms with Crippen LogP contribution in [0.3, 0.4) is 0 Å². The third-order valence-electron chi connectivity index (χ3n) is 6.65. The van der Waals surface area contributed by atoms with Crippen molar-refractivity contribution in [2.75, 3.05) is 26.3 Å². The van der Waals surface area contributed by atoms with Gasteiger partial charge in [0.15, 0.2) is 0 Å². The molecule has 0 spiro atoms. The average molecular weight is 497 g/mol. The van der Waals surface area contributed by atoms with Crippen molar-refractivity contribution < 1.29 is 22.7 Å². The number of amides is 1. The van der Waals surface area contributed by atoms with E-state index in [1.165, 1.54) is 6.07 Å². The Hall–Kier alpha value is -3.30. The van der Waals surface area contributed by atoms with Crippen LogP contribution in [-0.2, 0) is 23.9 Å². The van der Waals surface area contributed by atoms with Gasteiger partial charge in [0, 0.05) is 31.4 Å². The third-order valence-corrected chi connectivity index (χ3v) is 6.65. The number of halogens is 3. The molecule has 3 heterocycles. The first-order valence-corrected chi connectivity index (χ1v) is 12.1. The van der Waals surface area contributed by atoms with E-state index in [0.29, 0.717) is 48.7 Å². The predicted octanol–water partition coefficient (Wildman–Crippen LogP) is 4.80. The minimum absolute atomic E-state index is 0.246. The molecular weight excluding hydrogens is 469 g/mol. The maximum absolute atomic E-state index is 13.2. The van der Waals surface area contributed by atoms with Crippen LogP contribution in [0.25, 0.3) is 11.3 Å². The van der Waals surface area contributed by atoms with E-state index in [1.54, 1.807) is 24.4 Å². The van der Waals surface area contributed by atoms with Gasteiger partial charge in [-0.15, -0.1) is 0 Å². The lowest BCUT2D eigenvalue weighted by molar-refractivity contribution is -0.137. The monoisotopic (exact) mass is 496 g/mol. The van der Waals surface area contributed by atoms with Crippen LogP contribution in [0.4, 0.5) is 13.2 Å². The molecule has 1 atom stereocenters. The van der Waals surface area contributed by atoms with Crippen LogP contribution in [0.1, 0.15) is 51.8 Å². The molecule has 9 heteroatoms. The van der Waals surface area contributed by atoms with E-state index in [2.05, 4.69) is 15.2 Å². The lowest BCUT2D eigenvalue weighted by Crippen LogP contribution is -2.36. The number of alkyl halides is 3. The molecule has 1 unspecified atom stereocenters. The van der Waals surface area contributed by atoms with Gasteiger partial charge in [-0.25, -0.2) is 0 Å². The summed E-state index contributed by atoms with van der Waals surface area (Å²) in [4.78, 5) is 24.4. The lowest BCUT2D eigenvalue weighted by atomic mass is 9.90. The number of pyridine rings is 2. The number of nitrogens with one attached hydrogen (secondary N) is 1. The van der Waals surface area contributed by atoms with E-state index in [1.807, 2.05) is 12.1 Å². The Labute approximate surface area is 207 Å². The quantitative estimate of drug-likeness (QED) is 0.550. The molecule has 1 saturated heterocycles. The Morgan fingerprint density at radius 1 is 1.11 bits per heavy atom. The zero-order valence-corrected chi connectivity index (χ0v) is 19.7. The highest BCUT2D eigenvalue weighted by molar-refractivity contribution is 5.94. The van der Waals surface area contributed by atoms with Gasteiger partial charge in [0.2, 0.25) is 0 Å². The zero-order valence-electron chi connectivity index (χ0n) is 19.7. The maximum atomic E-state index is 13.2. The first kappa shape index (κ1) is 24.4. The Bertz CT molecular complexity index is 1220. The van der Waals surface area contributed by atoms with Gasteiger partial charge in [0.1, 0.15) is 0 Å². The van der Waals surface area contributed by atoms with Crippen LogP contribution >= 0.6 is 0 Å². The SMILES string of the molecule is O=C(NC1CCCc2ccc(-c3cccc(C(F)(F)F)c3)nc21)c1ccc(CN2CCOCC2)nc1. The zero-order chi connectivity index (χ0) is 25.1. The number of carbonyl (C=O) groups is 1. The molecule has 2 aliphatic rings. The van der Waals surface area contributed by atoms with Crippen molar-refractivity contribution in [3.63, 3.8) is 0 Å². The van der Waals surface area contributed by atoms with Crippen LogP contribution in [0, 0.1) is 0 Å². The molecule has 1 fully saturated rings. The summed E-state index contributed by atoms with van der Waals surface area (Å²) in [6.07, 6.45) is -0.428. The van der Waals surface area contributed by atoms with E-state index in [4.69, 9.17) is 9.72 Å². The van der Waals surface area contributed by atoms with Crippen LogP contribution in [0.2, 0.25) is 0 Å². The summed E-state index contributed by atoms with van der Waals surface area (Å²) in [7, 11) is 0. The van der Waals surface area contributed by atoms with E-state index < -0.39 is 11.7 Å². The van der Waals surface area contributed by atoms with Crippen molar-refractivity contribution in [1.82, 2.24) is 20.2 Å². The maximum Gasteiger partial charge on any atom is 0.416 e. The standard InChI is InChI=1S/C27H27F3N4O2/c28-27(29,30)21-5-1-4-19(15-21)23-10-8-18-3-2-6-24(25(18)32-23)33-26(35)20-7-9-22(31-16-20)17-34-11-13-36-14-12-34/h1,4-5,7-10,15-16,24H,2-3,6,11-14,17H2,(H,33,35). The molecule has 188 valence electrons. The average Bonchev–Trinajstić information content (AvgIpc) is 2.89. The molecule has 1 aromatic carbocycles. The highest BCUT2D eigenvalue weighted by Gasteiger charge is 2.31. The van der Waals surface area contributed by atoms with E-state index >= 15 is 0 Å². The Balaban J connectivity index is 1.31. The first-order valence-electron chi connectivity index (χ1n) is 12.1. The van der Waals surface area contributed by atoms with Crippen LogP contribution in [-0.4, -0.2) is 47.1 Å². The highest BCUT2D eigenvalue weighted by atomic mass is 19.4. The number of nitrogens with zero attached hydrogens (tertiary/aromatic N) is 3. The molecular formula is C27H27F3N4O2. The molecule has 1 aliphatic heterocycles. The minimum atomic E-state index is -4.42. The van der Waals surface area contributed by atoms with Crippen molar-refractivity contribution in [2.45, 2.75) is 38.0 Å². The molecule has 6 nitrogen and oxygen atoms in total. The Kier molecular flexibility index (Phi) is 7.02. The number of morpholine rings is 1. The van der Waals surface area contributed by atoms with Crippen LogP contribution in [0.15, 0.2) is 54.7 Å². The summed E-state index contributed by atoms with van der Waals surface area (Å²) in [5.41, 5.74) is 3.20. The molecule has 1 N–H and O–H groups in total. The highest BCUT2D eigenvalue weighted by Crippen LogP contribution is 2.34. The van der Waals surface area contributed by atoms with Crippen molar-refractivity contribution in [3.8, 4) is 11.3 Å². The van der Waals surface area contributed by atoms with Crippen molar-refractivity contribution in [3.05, 3.63) is 82.8 Å². The number of hydrogen-bond donors (Lipinski definition) is 1. The van der Waals surface area contributed by atoms with Crippen molar-refractivity contribution in [1.29, 1.82) is 0 Å². The second-order valence-corrected chi connectivity index (χ2v) is 9.16. The number of benzene rings is 1. The van der Waals surface area contributed by atoms with E-state index in [0.717, 1.165) is 49.3 Å². The summed E-state index contributed by atoms with van der Waals surface area (Å²) in [6.45, 7) is 3.87. The number of carbonyl (C=O) groups excluding carboxylic acids is 1. The lowest BCUT2D eigenvalue weighted by Gasteiger charge is -2.26. The van der Waals surface area contributed by atoms with Gasteiger partial charge in [0.25, 0.3) is 5.91 Å². The summed E-state index contributed by atoms with van der Waals surface area (Å²) < 4.78 is 44.9. The number of ether oxygens (including phenoxy) is 1. The smallest absolute Gasteiger partial charge is 0.379 e. The van der Waals surface area contributed by atoms with Gasteiger partial charge in [-0.3, -0.25) is 19.7 Å². The second-order valence-electron chi connectivity index (χ2n) is 9.16. The van der Waals surface area contributed by atoms with Gasteiger partial charge in [-0.2, -0.15) is 13.2 Å². The van der Waals surface area contributed by atoms with Gasteiger partial charge < -0.3 is 10.1 Å². The van der Waals surface area contributed by atoms with Gasteiger partial charge in [0.05, 0.1) is 47.5 Å². The normalized spacial score (nSPS) is 18.5. The number of aromatic nitrogens is 2. The van der Waals surface area contributed by atoms with Crippen molar-refractivity contribution >= 4 is 5.91 Å². The van der Waals surface area contributed by atoms with Gasteiger partial charge >= 0.3 is 6.18 Å². The molecule has 0 bridgehead atoms. The summed E-state index contributed by atoms with van der Waals surface area (Å²) in [5.74, 6) is -0.246. The molecule has 1 aliphatic carbocycles. The molecule has 1 amide bonds. The van der Waals surface area contributed by atoms with E-state index in [9.17, 15) is 18.0 Å². The van der Waals surface area contributed by atoms with Gasteiger partial charge in [-0.1, -0.05) is 18.2 Å². The molecule has 2 aromatic heterocycles. The Morgan fingerprint density at radius 2 is 1.94 bits per heavy atom. The largest absolute Gasteiger partial charge is 0.416 e. The Morgan fingerprint density at radius 3 is 2.69 bits per heavy atom. The summed E-state index contributed by atoms with van der Waals surface area (Å²) >= 11 is 0. The minimum Gasteiger partial charge on any atom is -0.379 e. The van der Waals surface area contributed by atoms with Crippen molar-refractivity contribution in [2.24, 2.45) is 0 Å². The first-order chi connectivity index (χ1) is 17.4. The van der Waals surface area contributed by atoms with E-state index in [-0.39, 0.29) is 11.9 Å². The number of fused-ring (bicyclic) bond motifs is 1. The fraction of sp³-hybridized carbons (Fsp3) is 0.370. The third kappa shape index (κ3) is 5.57. The predicted molar refractivity (Wildman–Crippen MR) is 128 cm³/mol. The van der Waals surface area contributed by atoms with Gasteiger partial charge in [-0.05, 0) is 55.2 Å². The van der Waals surface area contributed by atoms with Crippen LogP contribution in [0.5, 0.6) is 0 Å². The number of aryl methyl sites for hydroxylation is 1. The fourth-order valence-corrected chi connectivity index (χ4v) is 4.69. The van der Waals surface area contributed by atoms with Crippen LogP contribution < -0.4 is 5.32 Å². The second kappa shape index (κ2) is 10.4.